The molecule has 0 N–H and O–H groups in total. The standard InChI is InChI=1S/C16H26/c1-13-12-14(2)16-11-9-7-5-3-4-6-8-10-15(13)16/h6,8,10,13-14,16H,3-5,7,9,11-12H2,1-2H3/b8-6-,15-10-. The highest BCUT2D eigenvalue weighted by atomic mass is 14.4. The van der Waals surface area contributed by atoms with E-state index in [1.165, 1.54) is 44.9 Å². The summed E-state index contributed by atoms with van der Waals surface area (Å²) in [5.74, 6) is 2.62. The largest absolute Gasteiger partial charge is 0.0845 e. The van der Waals surface area contributed by atoms with Gasteiger partial charge in [0.1, 0.15) is 0 Å². The Bertz CT molecular complexity index is 272. The van der Waals surface area contributed by atoms with Crippen LogP contribution in [-0.4, -0.2) is 0 Å². The molecule has 0 aliphatic heterocycles. The van der Waals surface area contributed by atoms with Crippen molar-refractivity contribution in [3.63, 3.8) is 0 Å². The van der Waals surface area contributed by atoms with Gasteiger partial charge >= 0.3 is 0 Å². The van der Waals surface area contributed by atoms with E-state index in [9.17, 15) is 0 Å². The van der Waals surface area contributed by atoms with Gasteiger partial charge in [0.25, 0.3) is 0 Å². The molecule has 90 valence electrons. The van der Waals surface area contributed by atoms with Gasteiger partial charge in [-0.2, -0.15) is 0 Å². The molecule has 0 aromatic heterocycles. The van der Waals surface area contributed by atoms with Crippen molar-refractivity contribution < 1.29 is 0 Å². The SMILES string of the molecule is CC1CC(C)C2CCCCCC/C=C\C=C\12. The maximum atomic E-state index is 2.45. The molecule has 2 aliphatic rings. The van der Waals surface area contributed by atoms with Crippen LogP contribution in [0.2, 0.25) is 0 Å². The first-order chi connectivity index (χ1) is 7.79. The lowest BCUT2D eigenvalue weighted by molar-refractivity contribution is 0.409. The van der Waals surface area contributed by atoms with E-state index < -0.39 is 0 Å². The summed E-state index contributed by atoms with van der Waals surface area (Å²) < 4.78 is 0. The van der Waals surface area contributed by atoms with Gasteiger partial charge in [-0.1, -0.05) is 56.9 Å². The van der Waals surface area contributed by atoms with Crippen molar-refractivity contribution in [1.29, 1.82) is 0 Å². The Kier molecular flexibility index (Phi) is 4.26. The minimum atomic E-state index is 0.824. The molecule has 0 nitrogen and oxygen atoms in total. The summed E-state index contributed by atoms with van der Waals surface area (Å²) in [6, 6.07) is 0. The number of rotatable bonds is 0. The molecule has 0 heterocycles. The molecule has 0 radical (unpaired) electrons. The van der Waals surface area contributed by atoms with Crippen LogP contribution in [0.25, 0.3) is 0 Å². The Morgan fingerprint density at radius 3 is 2.75 bits per heavy atom. The second kappa shape index (κ2) is 5.70. The summed E-state index contributed by atoms with van der Waals surface area (Å²) in [7, 11) is 0. The van der Waals surface area contributed by atoms with Gasteiger partial charge in [-0.25, -0.2) is 0 Å². The Balaban J connectivity index is 2.11. The topological polar surface area (TPSA) is 0 Å². The van der Waals surface area contributed by atoms with Gasteiger partial charge in [0, 0.05) is 0 Å². The van der Waals surface area contributed by atoms with Gasteiger partial charge in [0.2, 0.25) is 0 Å². The van der Waals surface area contributed by atoms with Crippen LogP contribution in [0.5, 0.6) is 0 Å². The molecule has 1 fully saturated rings. The lowest BCUT2D eigenvalue weighted by Crippen LogP contribution is -2.06. The lowest BCUT2D eigenvalue weighted by atomic mass is 9.88. The van der Waals surface area contributed by atoms with Crippen LogP contribution in [0.4, 0.5) is 0 Å². The molecule has 1 saturated carbocycles. The molecular formula is C16H26. The maximum Gasteiger partial charge on any atom is -0.0171 e. The van der Waals surface area contributed by atoms with Crippen molar-refractivity contribution in [1.82, 2.24) is 0 Å². The molecule has 0 aromatic rings. The van der Waals surface area contributed by atoms with Crippen LogP contribution >= 0.6 is 0 Å². The maximum absolute atomic E-state index is 2.45. The quantitative estimate of drug-likeness (QED) is 0.529. The van der Waals surface area contributed by atoms with Crippen LogP contribution < -0.4 is 0 Å². The van der Waals surface area contributed by atoms with Crippen LogP contribution in [0.15, 0.2) is 23.8 Å². The normalized spacial score (nSPS) is 41.6. The molecule has 2 aliphatic carbocycles. The molecule has 3 unspecified atom stereocenters. The molecule has 0 spiro atoms. The fourth-order valence-corrected chi connectivity index (χ4v) is 3.55. The van der Waals surface area contributed by atoms with E-state index in [2.05, 4.69) is 32.1 Å². The molecule has 2 rings (SSSR count). The Hall–Kier alpha value is -0.520. The Labute approximate surface area is 101 Å². The van der Waals surface area contributed by atoms with Crippen molar-refractivity contribution in [3.8, 4) is 0 Å². The van der Waals surface area contributed by atoms with Crippen molar-refractivity contribution >= 4 is 0 Å². The van der Waals surface area contributed by atoms with Crippen molar-refractivity contribution in [2.24, 2.45) is 17.8 Å². The van der Waals surface area contributed by atoms with Crippen LogP contribution in [-0.2, 0) is 0 Å². The van der Waals surface area contributed by atoms with Crippen LogP contribution in [0.3, 0.4) is 0 Å². The molecule has 16 heavy (non-hydrogen) atoms. The van der Waals surface area contributed by atoms with E-state index in [1.807, 2.05) is 0 Å². The third kappa shape index (κ3) is 2.78. The summed E-state index contributed by atoms with van der Waals surface area (Å²) in [6.45, 7) is 4.86. The molecule has 0 aromatic carbocycles. The second-order valence-corrected chi connectivity index (χ2v) is 5.81. The van der Waals surface area contributed by atoms with Crippen LogP contribution in [0, 0.1) is 17.8 Å². The summed E-state index contributed by atoms with van der Waals surface area (Å²) >= 11 is 0. The van der Waals surface area contributed by atoms with E-state index in [4.69, 9.17) is 0 Å². The number of hydrogen-bond donors (Lipinski definition) is 0. The first kappa shape index (κ1) is 12.0. The monoisotopic (exact) mass is 218 g/mol. The van der Waals surface area contributed by atoms with E-state index >= 15 is 0 Å². The van der Waals surface area contributed by atoms with Gasteiger partial charge in [0.05, 0.1) is 0 Å². The molecule has 3 atom stereocenters. The minimum Gasteiger partial charge on any atom is -0.0845 e. The number of hydrogen-bond acceptors (Lipinski definition) is 0. The molecule has 0 saturated heterocycles. The summed E-state index contributed by atoms with van der Waals surface area (Å²) in [5, 5.41) is 0. The highest BCUT2D eigenvalue weighted by Crippen LogP contribution is 2.43. The van der Waals surface area contributed by atoms with Gasteiger partial charge in [-0.3, -0.25) is 0 Å². The Morgan fingerprint density at radius 1 is 1.06 bits per heavy atom. The first-order valence-electron chi connectivity index (χ1n) is 7.15. The molecular weight excluding hydrogens is 192 g/mol. The van der Waals surface area contributed by atoms with Gasteiger partial charge < -0.3 is 0 Å². The summed E-state index contributed by atoms with van der Waals surface area (Å²) in [4.78, 5) is 0. The highest BCUT2D eigenvalue weighted by molar-refractivity contribution is 5.22. The zero-order valence-electron chi connectivity index (χ0n) is 10.9. The average Bonchev–Trinajstić information content (AvgIpc) is 2.51. The van der Waals surface area contributed by atoms with E-state index in [0.29, 0.717) is 0 Å². The van der Waals surface area contributed by atoms with Crippen molar-refractivity contribution in [2.45, 2.75) is 58.8 Å². The average molecular weight is 218 g/mol. The van der Waals surface area contributed by atoms with E-state index in [1.54, 1.807) is 5.57 Å². The van der Waals surface area contributed by atoms with Gasteiger partial charge in [0.15, 0.2) is 0 Å². The Morgan fingerprint density at radius 2 is 1.88 bits per heavy atom. The van der Waals surface area contributed by atoms with Gasteiger partial charge in [-0.05, 0) is 43.4 Å². The number of fused-ring (bicyclic) bond motifs is 1. The highest BCUT2D eigenvalue weighted by Gasteiger charge is 2.32. The molecule has 0 amide bonds. The lowest BCUT2D eigenvalue weighted by Gasteiger charge is -2.17. The van der Waals surface area contributed by atoms with Crippen molar-refractivity contribution in [3.05, 3.63) is 23.8 Å². The zero-order valence-corrected chi connectivity index (χ0v) is 10.9. The number of allylic oxidation sites excluding steroid dienone is 4. The predicted octanol–water partition coefficient (Wildman–Crippen LogP) is 5.12. The van der Waals surface area contributed by atoms with Crippen molar-refractivity contribution in [2.75, 3.05) is 0 Å². The molecule has 0 heteroatoms. The second-order valence-electron chi connectivity index (χ2n) is 5.81. The summed E-state index contributed by atoms with van der Waals surface area (Å²) in [5.41, 5.74) is 1.74. The fraction of sp³-hybridized carbons (Fsp3) is 0.750. The smallest absolute Gasteiger partial charge is 0.0171 e. The zero-order chi connectivity index (χ0) is 11.4. The van der Waals surface area contributed by atoms with E-state index in [0.717, 1.165) is 17.8 Å². The predicted molar refractivity (Wildman–Crippen MR) is 71.4 cm³/mol. The molecule has 0 bridgehead atoms. The van der Waals surface area contributed by atoms with Gasteiger partial charge in [-0.15, -0.1) is 0 Å². The van der Waals surface area contributed by atoms with E-state index in [-0.39, 0.29) is 0 Å². The van der Waals surface area contributed by atoms with Crippen LogP contribution in [0.1, 0.15) is 58.8 Å². The first-order valence-corrected chi connectivity index (χ1v) is 7.15. The summed E-state index contributed by atoms with van der Waals surface area (Å²) in [6.07, 6.45) is 16.9. The third-order valence-electron chi connectivity index (χ3n) is 4.47. The third-order valence-corrected chi connectivity index (χ3v) is 4.47. The fourth-order valence-electron chi connectivity index (χ4n) is 3.55. The minimum absolute atomic E-state index is 0.824.